The van der Waals surface area contributed by atoms with Crippen LogP contribution in [-0.2, 0) is 10.8 Å². The molecule has 1 aliphatic heterocycles. The van der Waals surface area contributed by atoms with Gasteiger partial charge in [-0.1, -0.05) is 198 Å². The van der Waals surface area contributed by atoms with Crippen LogP contribution in [-0.4, -0.2) is 0 Å². The summed E-state index contributed by atoms with van der Waals surface area (Å²) < 4.78 is 7.15. The van der Waals surface area contributed by atoms with Crippen LogP contribution in [0.2, 0.25) is 0 Å². The van der Waals surface area contributed by atoms with Crippen molar-refractivity contribution in [2.24, 2.45) is 0 Å². The van der Waals surface area contributed by atoms with Crippen LogP contribution < -0.4 is 14.5 Å². The molecule has 0 atom stereocenters. The van der Waals surface area contributed by atoms with E-state index in [4.69, 9.17) is 4.74 Å². The van der Waals surface area contributed by atoms with Gasteiger partial charge in [-0.05, 0) is 144 Å². The molecule has 11 aromatic rings. The predicted octanol–water partition coefficient (Wildman–Crippen LogP) is 19.5. The van der Waals surface area contributed by atoms with Crippen LogP contribution in [0.3, 0.4) is 0 Å². The summed E-state index contributed by atoms with van der Waals surface area (Å²) in [5.74, 6) is 1.66. The van der Waals surface area contributed by atoms with E-state index in [9.17, 15) is 0 Å². The van der Waals surface area contributed by atoms with Crippen LogP contribution in [0.25, 0.3) is 66.4 Å². The highest BCUT2D eigenvalue weighted by Gasteiger charge is 2.39. The normalized spacial score (nSPS) is 13.8. The summed E-state index contributed by atoms with van der Waals surface area (Å²) in [6, 6.07) is 88.7. The first kappa shape index (κ1) is 42.9. The number of anilines is 6. The fraction of sp³-hybridized carbons (Fsp3) is 0.0857. The molecule has 73 heavy (non-hydrogen) atoms. The Hall–Kier alpha value is -8.92. The topological polar surface area (TPSA) is 15.7 Å². The van der Waals surface area contributed by atoms with Crippen molar-refractivity contribution in [3.63, 3.8) is 0 Å². The highest BCUT2D eigenvalue weighted by Crippen LogP contribution is 2.56. The van der Waals surface area contributed by atoms with Crippen LogP contribution in [0, 0.1) is 0 Å². The van der Waals surface area contributed by atoms with Gasteiger partial charge >= 0.3 is 0 Å². The summed E-state index contributed by atoms with van der Waals surface area (Å²) in [5, 5.41) is 2.21. The van der Waals surface area contributed by atoms with E-state index in [0.717, 1.165) is 67.5 Å². The highest BCUT2D eigenvalue weighted by atomic mass is 16.5. The Bertz CT molecular complexity index is 3790. The lowest BCUT2D eigenvalue weighted by Crippen LogP contribution is -2.16. The summed E-state index contributed by atoms with van der Waals surface area (Å²) in [4.78, 5) is 4.73. The van der Waals surface area contributed by atoms with Crippen LogP contribution in [0.15, 0.2) is 243 Å². The molecule has 0 bridgehead atoms. The fourth-order valence-corrected chi connectivity index (χ4v) is 12.8. The molecule has 0 aromatic heterocycles. The summed E-state index contributed by atoms with van der Waals surface area (Å²) in [7, 11) is 0. The molecule has 0 unspecified atom stereocenters. The van der Waals surface area contributed by atoms with Gasteiger partial charge in [0.1, 0.15) is 11.5 Å². The third-order valence-corrected chi connectivity index (χ3v) is 16.0. The van der Waals surface area contributed by atoms with Gasteiger partial charge in [-0.25, -0.2) is 0 Å². The Labute approximate surface area is 427 Å². The van der Waals surface area contributed by atoms with E-state index < -0.39 is 0 Å². The molecule has 3 aliphatic rings. The molecule has 0 amide bonds. The molecule has 0 saturated heterocycles. The smallest absolute Gasteiger partial charge is 0.138 e. The highest BCUT2D eigenvalue weighted by molar-refractivity contribution is 6.09. The van der Waals surface area contributed by atoms with Gasteiger partial charge in [0, 0.05) is 50.6 Å². The molecular formula is C70H52N2O. The second-order valence-corrected chi connectivity index (χ2v) is 20.8. The first-order valence-corrected chi connectivity index (χ1v) is 25.5. The monoisotopic (exact) mass is 936 g/mol. The molecule has 3 heteroatoms. The number of hydrogen-bond acceptors (Lipinski definition) is 3. The van der Waals surface area contributed by atoms with Gasteiger partial charge in [0.05, 0.1) is 11.4 Å². The molecule has 11 aromatic carbocycles. The Morgan fingerprint density at radius 2 is 0.753 bits per heavy atom. The van der Waals surface area contributed by atoms with E-state index >= 15 is 0 Å². The quantitative estimate of drug-likeness (QED) is 0.151. The van der Waals surface area contributed by atoms with Gasteiger partial charge in [0.2, 0.25) is 0 Å². The number of rotatable bonds is 8. The molecular weight excluding hydrogens is 885 g/mol. The van der Waals surface area contributed by atoms with Crippen LogP contribution in [0.1, 0.15) is 49.9 Å². The molecule has 0 radical (unpaired) electrons. The SMILES string of the molecule is CC1(C)c2ccccc2-c2cccc(-c3ccc(N(c4ccc(-c5cccc6c5C(C)(C)c5ccccc5-6)cc4)c4cc5c6c(cccc6c4)-c4c(cccc4N(c4ccccc4)c4ccccc4)O5)cc3)c21. The van der Waals surface area contributed by atoms with Crippen LogP contribution in [0.4, 0.5) is 34.1 Å². The largest absolute Gasteiger partial charge is 0.456 e. The van der Waals surface area contributed by atoms with E-state index in [-0.39, 0.29) is 10.8 Å². The summed E-state index contributed by atoms with van der Waals surface area (Å²) >= 11 is 0. The van der Waals surface area contributed by atoms with Gasteiger partial charge < -0.3 is 14.5 Å². The average molecular weight is 937 g/mol. The first-order valence-electron chi connectivity index (χ1n) is 25.5. The van der Waals surface area contributed by atoms with Crippen molar-refractivity contribution >= 4 is 44.9 Å². The van der Waals surface area contributed by atoms with E-state index in [2.05, 4.69) is 280 Å². The number of ether oxygens (including phenoxy) is 1. The van der Waals surface area contributed by atoms with E-state index in [0.29, 0.717) is 0 Å². The van der Waals surface area contributed by atoms with Crippen molar-refractivity contribution in [1.29, 1.82) is 0 Å². The minimum absolute atomic E-state index is 0.127. The summed E-state index contributed by atoms with van der Waals surface area (Å²) in [6.45, 7) is 9.47. The molecule has 2 aliphatic carbocycles. The zero-order valence-corrected chi connectivity index (χ0v) is 41.4. The zero-order valence-electron chi connectivity index (χ0n) is 41.4. The van der Waals surface area contributed by atoms with E-state index in [1.54, 1.807) is 0 Å². The molecule has 3 nitrogen and oxygen atoms in total. The van der Waals surface area contributed by atoms with E-state index in [1.165, 1.54) is 66.8 Å². The lowest BCUT2D eigenvalue weighted by molar-refractivity contribution is 0.487. The number of nitrogens with zero attached hydrogens (tertiary/aromatic N) is 2. The maximum absolute atomic E-state index is 7.15. The fourth-order valence-electron chi connectivity index (χ4n) is 12.8. The lowest BCUT2D eigenvalue weighted by atomic mass is 9.79. The lowest BCUT2D eigenvalue weighted by Gasteiger charge is -2.32. The minimum atomic E-state index is -0.127. The maximum atomic E-state index is 7.15. The number of hydrogen-bond donors (Lipinski definition) is 0. The van der Waals surface area contributed by atoms with Gasteiger partial charge in [-0.3, -0.25) is 0 Å². The molecule has 0 fully saturated rings. The van der Waals surface area contributed by atoms with Crippen molar-refractivity contribution < 1.29 is 4.74 Å². The maximum Gasteiger partial charge on any atom is 0.138 e. The molecule has 14 rings (SSSR count). The van der Waals surface area contributed by atoms with Gasteiger partial charge in [-0.15, -0.1) is 0 Å². The van der Waals surface area contributed by atoms with Gasteiger partial charge in [0.15, 0.2) is 0 Å². The van der Waals surface area contributed by atoms with Crippen molar-refractivity contribution in [3.05, 3.63) is 265 Å². The van der Waals surface area contributed by atoms with Crippen molar-refractivity contribution in [1.82, 2.24) is 0 Å². The number of fused-ring (bicyclic) bond motifs is 8. The zero-order chi connectivity index (χ0) is 49.0. The van der Waals surface area contributed by atoms with E-state index in [1.807, 2.05) is 0 Å². The van der Waals surface area contributed by atoms with Crippen molar-refractivity contribution in [2.45, 2.75) is 38.5 Å². The van der Waals surface area contributed by atoms with Crippen molar-refractivity contribution in [2.75, 3.05) is 9.80 Å². The Kier molecular flexibility index (Phi) is 9.59. The van der Waals surface area contributed by atoms with Crippen molar-refractivity contribution in [3.8, 4) is 67.1 Å². The van der Waals surface area contributed by atoms with Crippen LogP contribution >= 0.6 is 0 Å². The predicted molar refractivity (Wildman–Crippen MR) is 305 cm³/mol. The second kappa shape index (κ2) is 16.3. The summed E-state index contributed by atoms with van der Waals surface area (Å²) in [5.41, 5.74) is 24.1. The summed E-state index contributed by atoms with van der Waals surface area (Å²) in [6.07, 6.45) is 0. The van der Waals surface area contributed by atoms with Crippen LogP contribution in [0.5, 0.6) is 11.5 Å². The molecule has 1 heterocycles. The Morgan fingerprint density at radius 3 is 1.30 bits per heavy atom. The molecule has 0 spiro atoms. The number of para-hydroxylation sites is 2. The number of benzene rings is 11. The minimum Gasteiger partial charge on any atom is -0.456 e. The third kappa shape index (κ3) is 6.58. The molecule has 348 valence electrons. The Morgan fingerprint density at radius 1 is 0.315 bits per heavy atom. The molecule has 0 saturated carbocycles. The third-order valence-electron chi connectivity index (χ3n) is 16.0. The van der Waals surface area contributed by atoms with Gasteiger partial charge in [-0.2, -0.15) is 0 Å². The Balaban J connectivity index is 0.911. The first-order chi connectivity index (χ1) is 35.7. The second-order valence-electron chi connectivity index (χ2n) is 20.8. The standard InChI is InChI=1S/C70H52N2O/c1-69(2)60-31-13-11-24-55(60)57-28-16-26-53(67(57)69)45-35-39-50(40-36-45)71(51-41-37-46(38-42-51)54-27-17-29-58-56-25-12-14-32-61(56)70(3,4)68(54)58)52-43-47-19-15-30-59-65(47)64(44-52)73-63-34-18-33-62(66(59)63)72(48-20-7-5-8-21-48)49-22-9-6-10-23-49/h5-44H,1-4H3. The molecule has 0 N–H and O–H groups in total. The van der Waals surface area contributed by atoms with Gasteiger partial charge in [0.25, 0.3) is 0 Å². The average Bonchev–Trinajstić information content (AvgIpc) is 3.82.